The number of aliphatic imine (C=N–C) groups is 1. The highest BCUT2D eigenvalue weighted by molar-refractivity contribution is 7.90. The maximum absolute atomic E-state index is 11.7. The molecular formula is C18H30N4O2S. The van der Waals surface area contributed by atoms with E-state index >= 15 is 0 Å². The van der Waals surface area contributed by atoms with Crippen LogP contribution < -0.4 is 10.6 Å². The van der Waals surface area contributed by atoms with Crippen molar-refractivity contribution in [2.75, 3.05) is 40.0 Å². The minimum absolute atomic E-state index is 0.389. The van der Waals surface area contributed by atoms with Crippen LogP contribution in [0, 0.1) is 12.8 Å². The molecule has 1 saturated heterocycles. The molecule has 6 nitrogen and oxygen atoms in total. The van der Waals surface area contributed by atoms with Gasteiger partial charge in [0.15, 0.2) is 15.8 Å². The Hall–Kier alpha value is -1.60. The van der Waals surface area contributed by atoms with E-state index in [2.05, 4.69) is 27.6 Å². The third-order valence-corrected chi connectivity index (χ3v) is 5.86. The fourth-order valence-corrected chi connectivity index (χ4v) is 4.28. The summed E-state index contributed by atoms with van der Waals surface area (Å²) < 4.78 is 23.4. The summed E-state index contributed by atoms with van der Waals surface area (Å²) >= 11 is 0. The number of hydrogen-bond donors (Lipinski definition) is 2. The summed E-state index contributed by atoms with van der Waals surface area (Å²) in [7, 11) is 0.760. The van der Waals surface area contributed by atoms with Gasteiger partial charge in [-0.2, -0.15) is 0 Å². The molecule has 0 saturated carbocycles. The number of aryl methyl sites for hydroxylation is 1. The molecule has 0 amide bonds. The van der Waals surface area contributed by atoms with Crippen molar-refractivity contribution in [3.63, 3.8) is 0 Å². The van der Waals surface area contributed by atoms with Gasteiger partial charge < -0.3 is 15.5 Å². The lowest BCUT2D eigenvalue weighted by Crippen LogP contribution is -2.43. The Balaban J connectivity index is 1.87. The molecule has 1 unspecified atom stereocenters. The molecule has 0 aliphatic carbocycles. The predicted octanol–water partition coefficient (Wildman–Crippen LogP) is 1.41. The van der Waals surface area contributed by atoms with Crippen molar-refractivity contribution in [2.45, 2.75) is 31.2 Å². The van der Waals surface area contributed by atoms with E-state index < -0.39 is 9.84 Å². The summed E-state index contributed by atoms with van der Waals surface area (Å²) in [5.41, 5.74) is 1.81. The highest BCUT2D eigenvalue weighted by atomic mass is 32.2. The van der Waals surface area contributed by atoms with E-state index in [0.717, 1.165) is 30.2 Å². The van der Waals surface area contributed by atoms with Crippen molar-refractivity contribution < 1.29 is 8.42 Å². The molecule has 1 atom stereocenters. The number of piperidine rings is 1. The van der Waals surface area contributed by atoms with Crippen LogP contribution >= 0.6 is 0 Å². The van der Waals surface area contributed by atoms with E-state index in [4.69, 9.17) is 0 Å². The summed E-state index contributed by atoms with van der Waals surface area (Å²) in [5.74, 6) is 1.42. The Morgan fingerprint density at radius 1 is 1.36 bits per heavy atom. The first-order valence-corrected chi connectivity index (χ1v) is 10.6. The molecule has 2 N–H and O–H groups in total. The Morgan fingerprint density at radius 2 is 2.12 bits per heavy atom. The van der Waals surface area contributed by atoms with Crippen LogP contribution in [0.5, 0.6) is 0 Å². The highest BCUT2D eigenvalue weighted by Gasteiger charge is 2.17. The number of nitrogens with zero attached hydrogens (tertiary/aromatic N) is 2. The Bertz CT molecular complexity index is 716. The number of nitrogens with one attached hydrogen (secondary N) is 2. The Morgan fingerprint density at radius 3 is 2.72 bits per heavy atom. The third-order valence-electron chi connectivity index (χ3n) is 4.60. The molecule has 140 valence electrons. The van der Waals surface area contributed by atoms with Crippen molar-refractivity contribution in [2.24, 2.45) is 10.9 Å². The average Bonchev–Trinajstić information content (AvgIpc) is 2.54. The van der Waals surface area contributed by atoms with Crippen LogP contribution in [0.15, 0.2) is 28.1 Å². The fourth-order valence-electron chi connectivity index (χ4n) is 3.32. The molecule has 0 aromatic heterocycles. The summed E-state index contributed by atoms with van der Waals surface area (Å²) in [6, 6.07) is 5.43. The normalized spacial score (nSPS) is 19.7. The standard InChI is InChI=1S/C18H30N4O2S/c1-14-10-15(7-8-17(14)25(4,23)24)11-20-18(19-2)21-12-16-6-5-9-22(3)13-16/h7-8,10,16H,5-6,9,11-13H2,1-4H3,(H2,19,20,21). The van der Waals surface area contributed by atoms with Gasteiger partial charge >= 0.3 is 0 Å². The molecular weight excluding hydrogens is 336 g/mol. The van der Waals surface area contributed by atoms with Gasteiger partial charge in [0.05, 0.1) is 4.90 Å². The van der Waals surface area contributed by atoms with Crippen molar-refractivity contribution in [1.82, 2.24) is 15.5 Å². The largest absolute Gasteiger partial charge is 0.356 e. The second kappa shape index (κ2) is 8.67. The van der Waals surface area contributed by atoms with Gasteiger partial charge in [0.1, 0.15) is 0 Å². The third kappa shape index (κ3) is 6.01. The van der Waals surface area contributed by atoms with Gasteiger partial charge in [0.25, 0.3) is 0 Å². The molecule has 1 aromatic carbocycles. The zero-order valence-corrected chi connectivity index (χ0v) is 16.5. The number of benzene rings is 1. The van der Waals surface area contributed by atoms with Gasteiger partial charge in [-0.05, 0) is 56.5 Å². The lowest BCUT2D eigenvalue weighted by atomic mass is 9.99. The molecule has 1 aliphatic rings. The zero-order valence-electron chi connectivity index (χ0n) is 15.7. The van der Waals surface area contributed by atoms with Crippen LogP contribution in [0.1, 0.15) is 24.0 Å². The van der Waals surface area contributed by atoms with Gasteiger partial charge in [-0.15, -0.1) is 0 Å². The molecule has 0 spiro atoms. The number of sulfone groups is 1. The molecule has 0 radical (unpaired) electrons. The second-order valence-electron chi connectivity index (χ2n) is 6.95. The first kappa shape index (κ1) is 19.7. The van der Waals surface area contributed by atoms with Crippen LogP contribution in [-0.2, 0) is 16.4 Å². The van der Waals surface area contributed by atoms with Gasteiger partial charge in [-0.3, -0.25) is 4.99 Å². The Kier molecular flexibility index (Phi) is 6.84. The molecule has 1 aromatic rings. The summed E-state index contributed by atoms with van der Waals surface area (Å²) in [5, 5.41) is 6.69. The molecule has 1 aliphatic heterocycles. The molecule has 25 heavy (non-hydrogen) atoms. The molecule has 0 bridgehead atoms. The minimum atomic E-state index is -3.17. The Labute approximate surface area is 151 Å². The molecule has 2 rings (SSSR count). The van der Waals surface area contributed by atoms with Crippen LogP contribution in [0.3, 0.4) is 0 Å². The number of hydrogen-bond acceptors (Lipinski definition) is 4. The van der Waals surface area contributed by atoms with Gasteiger partial charge in [-0.1, -0.05) is 12.1 Å². The van der Waals surface area contributed by atoms with E-state index in [0.29, 0.717) is 17.4 Å². The van der Waals surface area contributed by atoms with Crippen LogP contribution in [0.25, 0.3) is 0 Å². The fraction of sp³-hybridized carbons (Fsp3) is 0.611. The summed E-state index contributed by atoms with van der Waals surface area (Å²) in [6.07, 6.45) is 3.74. The number of guanidine groups is 1. The summed E-state index contributed by atoms with van der Waals surface area (Å²) in [6.45, 7) is 5.65. The first-order valence-electron chi connectivity index (χ1n) is 8.72. The van der Waals surface area contributed by atoms with E-state index in [1.165, 1.54) is 25.6 Å². The lowest BCUT2D eigenvalue weighted by Gasteiger charge is -2.30. The van der Waals surface area contributed by atoms with Crippen molar-refractivity contribution in [3.05, 3.63) is 29.3 Å². The number of likely N-dealkylation sites (tertiary alicyclic amines) is 1. The number of rotatable bonds is 5. The minimum Gasteiger partial charge on any atom is -0.356 e. The van der Waals surface area contributed by atoms with E-state index in [1.807, 2.05) is 19.1 Å². The first-order chi connectivity index (χ1) is 11.8. The van der Waals surface area contributed by atoms with Crippen molar-refractivity contribution in [1.29, 1.82) is 0 Å². The average molecular weight is 367 g/mol. The highest BCUT2D eigenvalue weighted by Crippen LogP contribution is 2.16. The molecule has 1 heterocycles. The monoisotopic (exact) mass is 366 g/mol. The van der Waals surface area contributed by atoms with Crippen LogP contribution in [0.2, 0.25) is 0 Å². The SMILES string of the molecule is CN=C(NCc1ccc(S(C)(=O)=O)c(C)c1)NCC1CCCN(C)C1. The smallest absolute Gasteiger partial charge is 0.191 e. The quantitative estimate of drug-likeness (QED) is 0.609. The van der Waals surface area contributed by atoms with Crippen LogP contribution in [0.4, 0.5) is 0 Å². The second-order valence-corrected chi connectivity index (χ2v) is 8.93. The van der Waals surface area contributed by atoms with Gasteiger partial charge in [0, 0.05) is 32.9 Å². The zero-order chi connectivity index (χ0) is 18.4. The predicted molar refractivity (Wildman–Crippen MR) is 103 cm³/mol. The van der Waals surface area contributed by atoms with Gasteiger partial charge in [0.2, 0.25) is 0 Å². The van der Waals surface area contributed by atoms with Crippen molar-refractivity contribution in [3.8, 4) is 0 Å². The van der Waals surface area contributed by atoms with E-state index in [-0.39, 0.29) is 0 Å². The lowest BCUT2D eigenvalue weighted by molar-refractivity contribution is 0.210. The van der Waals surface area contributed by atoms with E-state index in [1.54, 1.807) is 13.1 Å². The van der Waals surface area contributed by atoms with E-state index in [9.17, 15) is 8.42 Å². The van der Waals surface area contributed by atoms with Crippen molar-refractivity contribution >= 4 is 15.8 Å². The maximum Gasteiger partial charge on any atom is 0.191 e. The summed E-state index contributed by atoms with van der Waals surface area (Å²) in [4.78, 5) is 7.03. The van der Waals surface area contributed by atoms with Gasteiger partial charge in [-0.25, -0.2) is 8.42 Å². The van der Waals surface area contributed by atoms with Crippen LogP contribution in [-0.4, -0.2) is 59.3 Å². The topological polar surface area (TPSA) is 73.8 Å². The maximum atomic E-state index is 11.7. The molecule has 7 heteroatoms. The molecule has 1 fully saturated rings.